The molecule has 1 aliphatic carbocycles. The molecule has 2 saturated heterocycles. The summed E-state index contributed by atoms with van der Waals surface area (Å²) in [5, 5.41) is 6.57. The molecular weight excluding hydrogens is 214 g/mol. The summed E-state index contributed by atoms with van der Waals surface area (Å²) in [5.74, 6) is 1.78. The van der Waals surface area contributed by atoms with E-state index in [1.807, 2.05) is 0 Å². The lowest BCUT2D eigenvalue weighted by Crippen LogP contribution is -2.42. The molecule has 0 spiro atoms. The van der Waals surface area contributed by atoms with Gasteiger partial charge in [-0.05, 0) is 44.2 Å². The number of nitrogens with one attached hydrogen (secondary N) is 2. The Morgan fingerprint density at radius 3 is 2.94 bits per heavy atom. The molecule has 17 heavy (non-hydrogen) atoms. The fourth-order valence-corrected chi connectivity index (χ4v) is 3.54. The third-order valence-corrected chi connectivity index (χ3v) is 4.53. The van der Waals surface area contributed by atoms with Crippen molar-refractivity contribution < 1.29 is 4.79 Å². The van der Waals surface area contributed by atoms with Gasteiger partial charge < -0.3 is 10.6 Å². The van der Waals surface area contributed by atoms with Gasteiger partial charge >= 0.3 is 0 Å². The molecule has 0 aromatic carbocycles. The summed E-state index contributed by atoms with van der Waals surface area (Å²) < 4.78 is 0. The van der Waals surface area contributed by atoms with Gasteiger partial charge in [0, 0.05) is 18.6 Å². The third-order valence-electron chi connectivity index (χ3n) is 4.53. The number of fused-ring (bicyclic) bond motifs is 1. The van der Waals surface area contributed by atoms with Crippen LogP contribution in [0.1, 0.15) is 26.2 Å². The average Bonchev–Trinajstić information content (AvgIpc) is 2.87. The van der Waals surface area contributed by atoms with Crippen LogP contribution in [0.4, 0.5) is 0 Å². The van der Waals surface area contributed by atoms with Crippen LogP contribution in [0.25, 0.3) is 0 Å². The highest BCUT2D eigenvalue weighted by Crippen LogP contribution is 2.33. The summed E-state index contributed by atoms with van der Waals surface area (Å²) in [6.45, 7) is 6.25. The second-order valence-electron chi connectivity index (χ2n) is 5.83. The van der Waals surface area contributed by atoms with Crippen molar-refractivity contribution in [1.29, 1.82) is 0 Å². The van der Waals surface area contributed by atoms with Crippen molar-refractivity contribution in [3.63, 3.8) is 0 Å². The number of amides is 1. The molecule has 3 aliphatic rings. The van der Waals surface area contributed by atoms with Crippen LogP contribution in [0, 0.1) is 11.8 Å². The Kier molecular flexibility index (Phi) is 3.09. The zero-order valence-electron chi connectivity index (χ0n) is 10.6. The summed E-state index contributed by atoms with van der Waals surface area (Å²) in [7, 11) is 0. The Morgan fingerprint density at radius 1 is 1.41 bits per heavy atom. The first kappa shape index (κ1) is 11.5. The summed E-state index contributed by atoms with van der Waals surface area (Å²) in [6, 6.07) is 1.10. The van der Waals surface area contributed by atoms with Crippen LogP contribution in [0.3, 0.4) is 0 Å². The van der Waals surface area contributed by atoms with E-state index in [1.165, 1.54) is 19.3 Å². The largest absolute Gasteiger partial charge is 0.352 e. The zero-order chi connectivity index (χ0) is 11.8. The van der Waals surface area contributed by atoms with Gasteiger partial charge in [0.1, 0.15) is 0 Å². The lowest BCUT2D eigenvalue weighted by molar-refractivity contribution is -0.122. The summed E-state index contributed by atoms with van der Waals surface area (Å²) >= 11 is 0. The highest BCUT2D eigenvalue weighted by Gasteiger charge is 2.43. The third kappa shape index (κ3) is 2.33. The Hall–Kier alpha value is -0.610. The van der Waals surface area contributed by atoms with Gasteiger partial charge in [-0.1, -0.05) is 6.92 Å². The lowest BCUT2D eigenvalue weighted by atomic mass is 9.93. The number of nitrogens with zero attached hydrogens (tertiary/aromatic N) is 1. The number of carbonyl (C=O) groups excluding carboxylic acids is 1. The van der Waals surface area contributed by atoms with Crippen LogP contribution >= 0.6 is 0 Å². The fraction of sp³-hybridized carbons (Fsp3) is 0.923. The number of rotatable bonds is 4. The van der Waals surface area contributed by atoms with E-state index in [0.717, 1.165) is 31.5 Å². The van der Waals surface area contributed by atoms with Crippen molar-refractivity contribution in [3.05, 3.63) is 0 Å². The van der Waals surface area contributed by atoms with Gasteiger partial charge in [0.05, 0.1) is 6.54 Å². The minimum Gasteiger partial charge on any atom is -0.352 e. The molecule has 3 rings (SSSR count). The van der Waals surface area contributed by atoms with Crippen LogP contribution < -0.4 is 10.6 Å². The van der Waals surface area contributed by atoms with Crippen molar-refractivity contribution in [1.82, 2.24) is 15.5 Å². The van der Waals surface area contributed by atoms with Gasteiger partial charge in [0.15, 0.2) is 0 Å². The first-order valence-corrected chi connectivity index (χ1v) is 7.02. The van der Waals surface area contributed by atoms with Crippen LogP contribution in [-0.2, 0) is 4.79 Å². The monoisotopic (exact) mass is 237 g/mol. The van der Waals surface area contributed by atoms with Crippen LogP contribution in [-0.4, -0.2) is 49.1 Å². The predicted octanol–water partition coefficient (Wildman–Crippen LogP) is 0.195. The fourth-order valence-electron chi connectivity index (χ4n) is 3.54. The second-order valence-corrected chi connectivity index (χ2v) is 5.83. The van der Waals surface area contributed by atoms with Gasteiger partial charge in [0.25, 0.3) is 0 Å². The maximum Gasteiger partial charge on any atom is 0.234 e. The quantitative estimate of drug-likeness (QED) is 0.734. The molecule has 3 unspecified atom stereocenters. The second kappa shape index (κ2) is 4.58. The summed E-state index contributed by atoms with van der Waals surface area (Å²) in [4.78, 5) is 14.3. The van der Waals surface area contributed by atoms with Gasteiger partial charge in [-0.3, -0.25) is 9.69 Å². The topological polar surface area (TPSA) is 44.4 Å². The summed E-state index contributed by atoms with van der Waals surface area (Å²) in [6.07, 6.45) is 3.52. The SMILES string of the molecule is CCC1C2CNCC2CN1CC(=O)NC1CC1. The lowest BCUT2D eigenvalue weighted by Gasteiger charge is -2.26. The van der Waals surface area contributed by atoms with Crippen molar-refractivity contribution in [2.75, 3.05) is 26.2 Å². The van der Waals surface area contributed by atoms with Gasteiger partial charge in [0.2, 0.25) is 5.91 Å². The molecule has 2 aliphatic heterocycles. The van der Waals surface area contributed by atoms with Crippen molar-refractivity contribution in [2.45, 2.75) is 38.3 Å². The predicted molar refractivity (Wildman–Crippen MR) is 66.7 cm³/mol. The molecule has 1 amide bonds. The molecule has 4 nitrogen and oxygen atoms in total. The molecule has 2 heterocycles. The molecule has 2 N–H and O–H groups in total. The normalized spacial score (nSPS) is 37.1. The average molecular weight is 237 g/mol. The van der Waals surface area contributed by atoms with E-state index in [9.17, 15) is 4.79 Å². The number of hydrogen-bond donors (Lipinski definition) is 2. The van der Waals surface area contributed by atoms with E-state index < -0.39 is 0 Å². The standard InChI is InChI=1S/C13H23N3O/c1-2-12-11-6-14-5-9(11)7-16(12)8-13(17)15-10-3-4-10/h9-12,14H,2-8H2,1H3,(H,15,17). The maximum atomic E-state index is 11.9. The van der Waals surface area contributed by atoms with E-state index in [2.05, 4.69) is 22.5 Å². The molecule has 0 bridgehead atoms. The Labute approximate surface area is 103 Å². The van der Waals surface area contributed by atoms with Crippen molar-refractivity contribution in [3.8, 4) is 0 Å². The molecule has 3 atom stereocenters. The van der Waals surface area contributed by atoms with Crippen LogP contribution in [0.5, 0.6) is 0 Å². The molecule has 4 heteroatoms. The highest BCUT2D eigenvalue weighted by molar-refractivity contribution is 5.78. The first-order valence-electron chi connectivity index (χ1n) is 7.02. The van der Waals surface area contributed by atoms with Crippen LogP contribution in [0.2, 0.25) is 0 Å². The molecule has 96 valence electrons. The minimum absolute atomic E-state index is 0.235. The Balaban J connectivity index is 1.56. The molecule has 1 saturated carbocycles. The molecule has 0 aromatic heterocycles. The van der Waals surface area contributed by atoms with Crippen LogP contribution in [0.15, 0.2) is 0 Å². The maximum absolute atomic E-state index is 11.9. The van der Waals surface area contributed by atoms with E-state index in [4.69, 9.17) is 0 Å². The molecular formula is C13H23N3O. The Morgan fingerprint density at radius 2 is 2.24 bits per heavy atom. The smallest absolute Gasteiger partial charge is 0.234 e. The number of likely N-dealkylation sites (tertiary alicyclic amines) is 1. The van der Waals surface area contributed by atoms with Crippen molar-refractivity contribution in [2.24, 2.45) is 11.8 Å². The van der Waals surface area contributed by atoms with E-state index >= 15 is 0 Å². The van der Waals surface area contributed by atoms with Crippen molar-refractivity contribution >= 4 is 5.91 Å². The van der Waals surface area contributed by atoms with Gasteiger partial charge in [-0.2, -0.15) is 0 Å². The number of carbonyl (C=O) groups is 1. The van der Waals surface area contributed by atoms with E-state index in [1.54, 1.807) is 0 Å². The Bertz CT molecular complexity index is 303. The van der Waals surface area contributed by atoms with Gasteiger partial charge in [-0.25, -0.2) is 0 Å². The highest BCUT2D eigenvalue weighted by atomic mass is 16.2. The molecule has 3 fully saturated rings. The van der Waals surface area contributed by atoms with E-state index in [-0.39, 0.29) is 5.91 Å². The minimum atomic E-state index is 0.235. The first-order chi connectivity index (χ1) is 8.28. The number of hydrogen-bond acceptors (Lipinski definition) is 3. The summed E-state index contributed by atoms with van der Waals surface area (Å²) in [5.41, 5.74) is 0. The van der Waals surface area contributed by atoms with E-state index in [0.29, 0.717) is 18.6 Å². The zero-order valence-corrected chi connectivity index (χ0v) is 10.6. The van der Waals surface area contributed by atoms with Gasteiger partial charge in [-0.15, -0.1) is 0 Å². The molecule has 0 radical (unpaired) electrons. The molecule has 0 aromatic rings.